The molecule has 2 heteroatoms. The van der Waals surface area contributed by atoms with Crippen LogP contribution >= 0.6 is 0 Å². The van der Waals surface area contributed by atoms with E-state index in [0.29, 0.717) is 6.42 Å². The van der Waals surface area contributed by atoms with E-state index in [9.17, 15) is 4.79 Å². The van der Waals surface area contributed by atoms with Crippen LogP contribution < -0.4 is 5.32 Å². The van der Waals surface area contributed by atoms with Gasteiger partial charge in [-0.25, -0.2) is 0 Å². The number of nitrogens with one attached hydrogen (secondary N) is 1. The summed E-state index contributed by atoms with van der Waals surface area (Å²) < 4.78 is 0. The van der Waals surface area contributed by atoms with Gasteiger partial charge < -0.3 is 5.32 Å². The van der Waals surface area contributed by atoms with Crippen molar-refractivity contribution in [1.29, 1.82) is 0 Å². The van der Waals surface area contributed by atoms with E-state index >= 15 is 0 Å². The van der Waals surface area contributed by atoms with Crippen LogP contribution in [0.1, 0.15) is 37.3 Å². The highest BCUT2D eigenvalue weighted by molar-refractivity contribution is 5.80. The molecule has 1 fully saturated rings. The summed E-state index contributed by atoms with van der Waals surface area (Å²) in [4.78, 5) is 11.9. The predicted molar refractivity (Wildman–Crippen MR) is 85.1 cm³/mol. The van der Waals surface area contributed by atoms with Gasteiger partial charge in [-0.1, -0.05) is 60.7 Å². The average Bonchev–Trinajstić information content (AvgIpc) is 2.74. The van der Waals surface area contributed by atoms with Gasteiger partial charge in [-0.15, -0.1) is 0 Å². The minimum absolute atomic E-state index is 0.155. The van der Waals surface area contributed by atoms with Crippen molar-refractivity contribution in [3.8, 4) is 0 Å². The van der Waals surface area contributed by atoms with Crippen LogP contribution in [0.4, 0.5) is 0 Å². The molecular formula is C19H21NO. The first kappa shape index (κ1) is 13.9. The fourth-order valence-corrected chi connectivity index (χ4v) is 3.47. The van der Waals surface area contributed by atoms with E-state index in [2.05, 4.69) is 67.7 Å². The molecule has 0 aliphatic carbocycles. The van der Waals surface area contributed by atoms with Gasteiger partial charge in [0.1, 0.15) is 0 Å². The Hall–Kier alpha value is -2.09. The number of amides is 1. The van der Waals surface area contributed by atoms with E-state index < -0.39 is 0 Å². The van der Waals surface area contributed by atoms with Gasteiger partial charge in [-0.2, -0.15) is 0 Å². The number of hydrogen-bond acceptors (Lipinski definition) is 1. The normalized spacial score (nSPS) is 20.5. The number of benzene rings is 2. The summed E-state index contributed by atoms with van der Waals surface area (Å²) in [6.45, 7) is 4.25. The Morgan fingerprint density at radius 2 is 1.43 bits per heavy atom. The molecule has 2 aromatic rings. The van der Waals surface area contributed by atoms with Crippen LogP contribution in [0.15, 0.2) is 60.7 Å². The average molecular weight is 279 g/mol. The molecule has 1 amide bonds. The molecule has 1 aliphatic rings. The molecular weight excluding hydrogens is 258 g/mol. The Morgan fingerprint density at radius 3 is 1.81 bits per heavy atom. The highest BCUT2D eigenvalue weighted by Gasteiger charge is 2.44. The van der Waals surface area contributed by atoms with Crippen molar-refractivity contribution in [2.75, 3.05) is 0 Å². The summed E-state index contributed by atoms with van der Waals surface area (Å²) in [5.41, 5.74) is 2.37. The predicted octanol–water partition coefficient (Wildman–Crippen LogP) is 3.73. The van der Waals surface area contributed by atoms with Crippen LogP contribution in [0.5, 0.6) is 0 Å². The van der Waals surface area contributed by atoms with Crippen LogP contribution in [0.2, 0.25) is 0 Å². The van der Waals surface area contributed by atoms with Gasteiger partial charge in [-0.3, -0.25) is 4.79 Å². The molecule has 21 heavy (non-hydrogen) atoms. The second-order valence-corrected chi connectivity index (χ2v) is 6.38. The molecule has 2 nitrogen and oxygen atoms in total. The summed E-state index contributed by atoms with van der Waals surface area (Å²) >= 11 is 0. The summed E-state index contributed by atoms with van der Waals surface area (Å²) in [5, 5.41) is 3.12. The third kappa shape index (κ3) is 2.71. The van der Waals surface area contributed by atoms with Gasteiger partial charge in [0.05, 0.1) is 0 Å². The van der Waals surface area contributed by atoms with Crippen LogP contribution in [0, 0.1) is 5.92 Å². The quantitative estimate of drug-likeness (QED) is 0.911. The lowest BCUT2D eigenvalue weighted by Gasteiger charge is -2.34. The first-order valence-corrected chi connectivity index (χ1v) is 7.49. The fraction of sp³-hybridized carbons (Fsp3) is 0.316. The second kappa shape index (κ2) is 5.36. The van der Waals surface area contributed by atoms with E-state index in [4.69, 9.17) is 0 Å². The van der Waals surface area contributed by atoms with E-state index in [-0.39, 0.29) is 23.3 Å². The molecule has 0 radical (unpaired) electrons. The minimum Gasteiger partial charge on any atom is -0.351 e. The van der Waals surface area contributed by atoms with E-state index in [1.54, 1.807) is 0 Å². The molecule has 0 spiro atoms. The fourth-order valence-electron chi connectivity index (χ4n) is 3.47. The lowest BCUT2D eigenvalue weighted by atomic mass is 9.72. The third-order valence-electron chi connectivity index (χ3n) is 4.51. The van der Waals surface area contributed by atoms with Crippen LogP contribution in [-0.4, -0.2) is 11.4 Å². The van der Waals surface area contributed by atoms with Crippen molar-refractivity contribution < 1.29 is 4.79 Å². The molecule has 1 heterocycles. The maximum atomic E-state index is 11.9. The molecule has 1 saturated heterocycles. The van der Waals surface area contributed by atoms with Gasteiger partial charge in [0.2, 0.25) is 5.91 Å². The van der Waals surface area contributed by atoms with Crippen LogP contribution in [0.25, 0.3) is 0 Å². The molecule has 108 valence electrons. The Bertz CT molecular complexity index is 579. The lowest BCUT2D eigenvalue weighted by Crippen LogP contribution is -2.41. The van der Waals surface area contributed by atoms with Crippen molar-refractivity contribution in [3.05, 3.63) is 71.8 Å². The molecule has 0 aromatic heterocycles. The Labute approximate surface area is 126 Å². The number of hydrogen-bond donors (Lipinski definition) is 1. The zero-order valence-corrected chi connectivity index (χ0v) is 12.5. The molecule has 2 aromatic carbocycles. The first-order chi connectivity index (χ1) is 10.1. The molecule has 0 bridgehead atoms. The summed E-state index contributed by atoms with van der Waals surface area (Å²) in [5.74, 6) is 0.651. The van der Waals surface area contributed by atoms with Crippen molar-refractivity contribution in [2.45, 2.75) is 31.7 Å². The van der Waals surface area contributed by atoms with Crippen molar-refractivity contribution >= 4 is 5.91 Å². The second-order valence-electron chi connectivity index (χ2n) is 6.38. The molecule has 1 unspecified atom stereocenters. The lowest BCUT2D eigenvalue weighted by molar-refractivity contribution is -0.119. The zero-order valence-electron chi connectivity index (χ0n) is 12.5. The maximum absolute atomic E-state index is 11.9. The van der Waals surface area contributed by atoms with Crippen LogP contribution in [0.3, 0.4) is 0 Å². The molecule has 0 saturated carbocycles. The van der Waals surface area contributed by atoms with Gasteiger partial charge >= 0.3 is 0 Å². The summed E-state index contributed by atoms with van der Waals surface area (Å²) in [7, 11) is 0. The summed E-state index contributed by atoms with van der Waals surface area (Å²) in [6, 6.07) is 21.0. The topological polar surface area (TPSA) is 29.1 Å². The van der Waals surface area contributed by atoms with E-state index in [1.807, 2.05) is 12.1 Å². The van der Waals surface area contributed by atoms with Crippen molar-refractivity contribution in [1.82, 2.24) is 5.32 Å². The summed E-state index contributed by atoms with van der Waals surface area (Å²) in [6.07, 6.45) is 0.585. The van der Waals surface area contributed by atoms with Gasteiger partial charge in [0.15, 0.2) is 0 Å². The largest absolute Gasteiger partial charge is 0.351 e. The molecule has 1 N–H and O–H groups in total. The Balaban J connectivity index is 2.07. The van der Waals surface area contributed by atoms with Gasteiger partial charge in [0, 0.05) is 23.8 Å². The van der Waals surface area contributed by atoms with Crippen molar-refractivity contribution in [3.63, 3.8) is 0 Å². The van der Waals surface area contributed by atoms with E-state index in [1.165, 1.54) is 11.1 Å². The van der Waals surface area contributed by atoms with Crippen molar-refractivity contribution in [2.24, 2.45) is 5.92 Å². The monoisotopic (exact) mass is 279 g/mol. The van der Waals surface area contributed by atoms with Crippen LogP contribution in [-0.2, 0) is 4.79 Å². The van der Waals surface area contributed by atoms with Gasteiger partial charge in [0.25, 0.3) is 0 Å². The zero-order chi connectivity index (χ0) is 14.9. The SMILES string of the molecule is CC1(C)NC(=O)CC1C(c1ccccc1)c1ccccc1. The Morgan fingerprint density at radius 1 is 0.952 bits per heavy atom. The minimum atomic E-state index is -0.187. The third-order valence-corrected chi connectivity index (χ3v) is 4.51. The van der Waals surface area contributed by atoms with E-state index in [0.717, 1.165) is 0 Å². The standard InChI is InChI=1S/C19H21NO/c1-19(2)16(13-17(21)20-19)18(14-9-5-3-6-10-14)15-11-7-4-8-12-15/h3-12,16,18H,13H2,1-2H3,(H,20,21). The molecule has 1 aliphatic heterocycles. The first-order valence-electron chi connectivity index (χ1n) is 7.49. The smallest absolute Gasteiger partial charge is 0.220 e. The maximum Gasteiger partial charge on any atom is 0.220 e. The van der Waals surface area contributed by atoms with Gasteiger partial charge in [-0.05, 0) is 25.0 Å². The molecule has 3 rings (SSSR count). The highest BCUT2D eigenvalue weighted by Crippen LogP contribution is 2.42. The Kier molecular flexibility index (Phi) is 3.54. The molecule has 1 atom stereocenters. The highest BCUT2D eigenvalue weighted by atomic mass is 16.2. The number of rotatable bonds is 3. The number of carbonyl (C=O) groups excluding carboxylic acids is 1. The number of carbonyl (C=O) groups is 1.